The smallest absolute Gasteiger partial charge is 0.0722 e. The first kappa shape index (κ1) is 14.6. The molecule has 1 aliphatic carbocycles. The fourth-order valence-electron chi connectivity index (χ4n) is 3.16. The normalized spacial score (nSPS) is 24.7. The quantitative estimate of drug-likeness (QED) is 0.906. The predicted octanol–water partition coefficient (Wildman–Crippen LogP) is 3.39. The third-order valence-electron chi connectivity index (χ3n) is 4.28. The molecular formula is C16H29N3. The van der Waals surface area contributed by atoms with Gasteiger partial charge in [0.15, 0.2) is 0 Å². The van der Waals surface area contributed by atoms with Gasteiger partial charge in [-0.3, -0.25) is 4.68 Å². The zero-order chi connectivity index (χ0) is 14.0. The summed E-state index contributed by atoms with van der Waals surface area (Å²) in [5.74, 6) is 0.809. The molecule has 1 fully saturated rings. The van der Waals surface area contributed by atoms with Crippen LogP contribution in [0.4, 0.5) is 0 Å². The lowest BCUT2D eigenvalue weighted by Crippen LogP contribution is -2.37. The monoisotopic (exact) mass is 263 g/mol. The Hall–Kier alpha value is -0.830. The summed E-state index contributed by atoms with van der Waals surface area (Å²) in [6.45, 7) is 10.0. The zero-order valence-corrected chi connectivity index (χ0v) is 13.2. The van der Waals surface area contributed by atoms with Crippen molar-refractivity contribution < 1.29 is 0 Å². The van der Waals surface area contributed by atoms with Crippen LogP contribution in [-0.4, -0.2) is 15.8 Å². The van der Waals surface area contributed by atoms with Crippen molar-refractivity contribution in [3.05, 3.63) is 17.5 Å². The molecule has 108 valence electrons. The number of hydrogen-bond donors (Lipinski definition) is 1. The molecule has 3 nitrogen and oxygen atoms in total. The molecule has 1 N–H and O–H groups in total. The molecule has 1 heterocycles. The minimum atomic E-state index is 0.121. The van der Waals surface area contributed by atoms with E-state index in [9.17, 15) is 0 Å². The molecule has 0 saturated heterocycles. The van der Waals surface area contributed by atoms with E-state index in [1.807, 2.05) is 11.7 Å². The molecule has 0 aromatic carbocycles. The van der Waals surface area contributed by atoms with Crippen LogP contribution >= 0.6 is 0 Å². The van der Waals surface area contributed by atoms with E-state index in [1.165, 1.54) is 36.9 Å². The van der Waals surface area contributed by atoms with Crippen LogP contribution in [0.1, 0.15) is 64.6 Å². The second-order valence-electron chi connectivity index (χ2n) is 7.18. The molecule has 3 heteroatoms. The van der Waals surface area contributed by atoms with E-state index in [4.69, 9.17) is 0 Å². The maximum atomic E-state index is 4.64. The van der Waals surface area contributed by atoms with Gasteiger partial charge >= 0.3 is 0 Å². The van der Waals surface area contributed by atoms with Crippen molar-refractivity contribution in [1.82, 2.24) is 15.1 Å². The standard InChI is InChI=1S/C16H29N3/c1-12-8-6-7-9-14(12)17-10-13-11-19(5)18-15(13)16(2,3)4/h11-12,14,17H,6-10H2,1-5H3. The average molecular weight is 263 g/mol. The molecule has 1 aromatic heterocycles. The van der Waals surface area contributed by atoms with Crippen LogP contribution in [0.3, 0.4) is 0 Å². The van der Waals surface area contributed by atoms with Crippen molar-refractivity contribution in [2.24, 2.45) is 13.0 Å². The Bertz CT molecular complexity index is 414. The van der Waals surface area contributed by atoms with Crippen LogP contribution in [0.15, 0.2) is 6.20 Å². The number of nitrogens with one attached hydrogen (secondary N) is 1. The zero-order valence-electron chi connectivity index (χ0n) is 13.2. The fraction of sp³-hybridized carbons (Fsp3) is 0.812. The van der Waals surface area contributed by atoms with Gasteiger partial charge in [-0.1, -0.05) is 40.5 Å². The molecule has 0 bridgehead atoms. The highest BCUT2D eigenvalue weighted by molar-refractivity contribution is 5.24. The Balaban J connectivity index is 2.03. The Morgan fingerprint density at radius 3 is 2.63 bits per heavy atom. The van der Waals surface area contributed by atoms with Crippen molar-refractivity contribution in [2.75, 3.05) is 0 Å². The summed E-state index contributed by atoms with van der Waals surface area (Å²) < 4.78 is 1.95. The van der Waals surface area contributed by atoms with Gasteiger partial charge in [-0.2, -0.15) is 5.10 Å². The van der Waals surface area contributed by atoms with Crippen molar-refractivity contribution >= 4 is 0 Å². The molecule has 2 rings (SSSR count). The van der Waals surface area contributed by atoms with Crippen molar-refractivity contribution in [3.8, 4) is 0 Å². The number of rotatable bonds is 3. The molecule has 1 aromatic rings. The van der Waals surface area contributed by atoms with E-state index in [-0.39, 0.29) is 5.41 Å². The highest BCUT2D eigenvalue weighted by atomic mass is 15.3. The summed E-state index contributed by atoms with van der Waals surface area (Å²) in [6.07, 6.45) is 7.64. The number of aryl methyl sites for hydroxylation is 1. The first-order valence-corrected chi connectivity index (χ1v) is 7.64. The third-order valence-corrected chi connectivity index (χ3v) is 4.28. The van der Waals surface area contributed by atoms with Gasteiger partial charge in [0.2, 0.25) is 0 Å². The van der Waals surface area contributed by atoms with Gasteiger partial charge in [0.25, 0.3) is 0 Å². The average Bonchev–Trinajstić information content (AvgIpc) is 2.69. The molecule has 0 amide bonds. The van der Waals surface area contributed by atoms with Gasteiger partial charge in [-0.05, 0) is 18.8 Å². The Kier molecular flexibility index (Phi) is 4.34. The van der Waals surface area contributed by atoms with Crippen LogP contribution in [0.2, 0.25) is 0 Å². The highest BCUT2D eigenvalue weighted by Gasteiger charge is 2.24. The summed E-state index contributed by atoms with van der Waals surface area (Å²) in [7, 11) is 2.02. The van der Waals surface area contributed by atoms with E-state index >= 15 is 0 Å². The lowest BCUT2D eigenvalue weighted by molar-refractivity contribution is 0.279. The van der Waals surface area contributed by atoms with Crippen LogP contribution in [-0.2, 0) is 19.0 Å². The van der Waals surface area contributed by atoms with Gasteiger partial charge < -0.3 is 5.32 Å². The first-order chi connectivity index (χ1) is 8.88. The molecular weight excluding hydrogens is 234 g/mol. The molecule has 2 atom stereocenters. The first-order valence-electron chi connectivity index (χ1n) is 7.64. The Morgan fingerprint density at radius 1 is 1.32 bits per heavy atom. The maximum absolute atomic E-state index is 4.64. The van der Waals surface area contributed by atoms with E-state index < -0.39 is 0 Å². The topological polar surface area (TPSA) is 29.9 Å². The van der Waals surface area contributed by atoms with Gasteiger partial charge in [-0.15, -0.1) is 0 Å². The molecule has 2 unspecified atom stereocenters. The van der Waals surface area contributed by atoms with E-state index in [0.717, 1.165) is 12.5 Å². The minimum absolute atomic E-state index is 0.121. The summed E-state index contributed by atoms with van der Waals surface area (Å²) >= 11 is 0. The largest absolute Gasteiger partial charge is 0.310 e. The van der Waals surface area contributed by atoms with Crippen molar-refractivity contribution in [3.63, 3.8) is 0 Å². The lowest BCUT2D eigenvalue weighted by atomic mass is 9.85. The van der Waals surface area contributed by atoms with Crippen molar-refractivity contribution in [2.45, 2.75) is 71.4 Å². The van der Waals surface area contributed by atoms with Crippen LogP contribution < -0.4 is 5.32 Å². The second-order valence-corrected chi connectivity index (χ2v) is 7.18. The van der Waals surface area contributed by atoms with Crippen LogP contribution in [0.5, 0.6) is 0 Å². The Morgan fingerprint density at radius 2 is 2.00 bits per heavy atom. The molecule has 0 spiro atoms. The molecule has 0 aliphatic heterocycles. The second kappa shape index (κ2) is 5.66. The highest BCUT2D eigenvalue weighted by Crippen LogP contribution is 2.26. The summed E-state index contributed by atoms with van der Waals surface area (Å²) in [5.41, 5.74) is 2.70. The van der Waals surface area contributed by atoms with Crippen molar-refractivity contribution in [1.29, 1.82) is 0 Å². The molecule has 0 radical (unpaired) electrons. The number of hydrogen-bond acceptors (Lipinski definition) is 2. The summed E-state index contributed by atoms with van der Waals surface area (Å²) in [6, 6.07) is 0.682. The lowest BCUT2D eigenvalue weighted by Gasteiger charge is -2.30. The third kappa shape index (κ3) is 3.59. The SMILES string of the molecule is CC1CCCCC1NCc1cn(C)nc1C(C)(C)C. The van der Waals surface area contributed by atoms with E-state index in [1.54, 1.807) is 0 Å². The number of aromatic nitrogens is 2. The van der Waals surface area contributed by atoms with E-state index in [0.29, 0.717) is 6.04 Å². The Labute approximate surface area is 117 Å². The fourth-order valence-corrected chi connectivity index (χ4v) is 3.16. The van der Waals surface area contributed by atoms with E-state index in [2.05, 4.69) is 44.3 Å². The van der Waals surface area contributed by atoms with Gasteiger partial charge in [0.05, 0.1) is 5.69 Å². The van der Waals surface area contributed by atoms with Crippen LogP contribution in [0.25, 0.3) is 0 Å². The maximum Gasteiger partial charge on any atom is 0.0722 e. The molecule has 19 heavy (non-hydrogen) atoms. The molecule has 1 saturated carbocycles. The summed E-state index contributed by atoms with van der Waals surface area (Å²) in [5, 5.41) is 8.40. The minimum Gasteiger partial charge on any atom is -0.310 e. The van der Waals surface area contributed by atoms with Crippen LogP contribution in [0, 0.1) is 5.92 Å². The van der Waals surface area contributed by atoms with Gasteiger partial charge in [0, 0.05) is 36.8 Å². The van der Waals surface area contributed by atoms with Gasteiger partial charge in [-0.25, -0.2) is 0 Å². The van der Waals surface area contributed by atoms with Gasteiger partial charge in [0.1, 0.15) is 0 Å². The predicted molar refractivity (Wildman–Crippen MR) is 80.2 cm³/mol. The summed E-state index contributed by atoms with van der Waals surface area (Å²) in [4.78, 5) is 0. The molecule has 1 aliphatic rings. The number of nitrogens with zero attached hydrogens (tertiary/aromatic N) is 2.